The van der Waals surface area contributed by atoms with Crippen molar-refractivity contribution < 1.29 is 22.7 Å². The maximum atomic E-state index is 14.6. The normalized spacial score (nSPS) is 12.5. The van der Waals surface area contributed by atoms with Gasteiger partial charge in [-0.25, -0.2) is 8.42 Å². The van der Waals surface area contributed by atoms with Crippen molar-refractivity contribution in [2.45, 2.75) is 64.1 Å². The minimum absolute atomic E-state index is 0.0305. The average Bonchev–Trinajstić information content (AvgIpc) is 3.06. The number of hydrogen-bond donors (Lipinski definition) is 1. The van der Waals surface area contributed by atoms with E-state index in [0.717, 1.165) is 25.5 Å². The van der Waals surface area contributed by atoms with Gasteiger partial charge in [0.15, 0.2) is 0 Å². The molecule has 0 aromatic heterocycles. The predicted molar refractivity (Wildman–Crippen MR) is 190 cm³/mol. The minimum Gasteiger partial charge on any atom is -0.494 e. The Morgan fingerprint density at radius 3 is 2.15 bits per heavy atom. The molecule has 0 saturated carbocycles. The van der Waals surface area contributed by atoms with E-state index < -0.39 is 28.5 Å². The highest BCUT2D eigenvalue weighted by Crippen LogP contribution is 2.28. The fourth-order valence-corrected chi connectivity index (χ4v) is 6.82. The molecule has 0 spiro atoms. The molecule has 8 nitrogen and oxygen atoms in total. The Morgan fingerprint density at radius 2 is 1.53 bits per heavy atom. The number of aryl methyl sites for hydroxylation is 1. The Morgan fingerprint density at radius 1 is 0.872 bits per heavy atom. The summed E-state index contributed by atoms with van der Waals surface area (Å²) < 4.78 is 35.9. The summed E-state index contributed by atoms with van der Waals surface area (Å²) in [4.78, 5) is 30.1. The van der Waals surface area contributed by atoms with Crippen molar-refractivity contribution in [1.29, 1.82) is 0 Å². The van der Waals surface area contributed by atoms with Gasteiger partial charge in [-0.05, 0) is 86.8 Å². The second kappa shape index (κ2) is 16.6. The van der Waals surface area contributed by atoms with Crippen LogP contribution in [0.3, 0.4) is 0 Å². The molecular weight excluding hydrogens is 678 g/mol. The molecule has 248 valence electrons. The summed E-state index contributed by atoms with van der Waals surface area (Å²) in [5.41, 5.74) is 3.01. The van der Waals surface area contributed by atoms with Gasteiger partial charge in [0.25, 0.3) is 10.0 Å². The number of ether oxygens (including phenoxy) is 1. The fourth-order valence-electron chi connectivity index (χ4n) is 5.14. The van der Waals surface area contributed by atoms with E-state index in [4.69, 9.17) is 4.74 Å². The van der Waals surface area contributed by atoms with Crippen LogP contribution in [-0.4, -0.2) is 50.4 Å². The number of carbonyl (C=O) groups excluding carboxylic acids is 2. The van der Waals surface area contributed by atoms with Crippen molar-refractivity contribution in [3.63, 3.8) is 0 Å². The summed E-state index contributed by atoms with van der Waals surface area (Å²) in [7, 11) is -4.21. The largest absolute Gasteiger partial charge is 0.494 e. The first-order valence-corrected chi connectivity index (χ1v) is 18.0. The highest BCUT2D eigenvalue weighted by atomic mass is 79.9. The smallest absolute Gasteiger partial charge is 0.264 e. The maximum absolute atomic E-state index is 14.6. The number of benzene rings is 4. The quantitative estimate of drug-likeness (QED) is 0.144. The van der Waals surface area contributed by atoms with E-state index in [1.54, 1.807) is 36.4 Å². The van der Waals surface area contributed by atoms with Crippen LogP contribution in [0, 0.1) is 6.92 Å². The van der Waals surface area contributed by atoms with Gasteiger partial charge in [-0.15, -0.1) is 0 Å². The second-order valence-electron chi connectivity index (χ2n) is 11.4. The maximum Gasteiger partial charge on any atom is 0.264 e. The number of nitrogens with zero attached hydrogens (tertiary/aromatic N) is 2. The predicted octanol–water partition coefficient (Wildman–Crippen LogP) is 6.91. The van der Waals surface area contributed by atoms with Gasteiger partial charge in [-0.2, -0.15) is 0 Å². The Labute approximate surface area is 286 Å². The van der Waals surface area contributed by atoms with Crippen molar-refractivity contribution in [1.82, 2.24) is 10.2 Å². The molecule has 4 aromatic rings. The highest BCUT2D eigenvalue weighted by Gasteiger charge is 2.35. The van der Waals surface area contributed by atoms with Crippen LogP contribution in [0.2, 0.25) is 0 Å². The Balaban J connectivity index is 1.81. The zero-order chi connectivity index (χ0) is 34.0. The van der Waals surface area contributed by atoms with Crippen LogP contribution in [0.1, 0.15) is 43.9 Å². The molecule has 0 radical (unpaired) electrons. The second-order valence-corrected chi connectivity index (χ2v) is 14.2. The Kier molecular flexibility index (Phi) is 12.6. The summed E-state index contributed by atoms with van der Waals surface area (Å²) in [6, 6.07) is 29.1. The third-order valence-electron chi connectivity index (χ3n) is 7.82. The van der Waals surface area contributed by atoms with E-state index in [2.05, 4.69) is 21.2 Å². The number of halogens is 1. The summed E-state index contributed by atoms with van der Waals surface area (Å²) in [6.07, 6.45) is 0.968. The molecule has 0 fully saturated rings. The summed E-state index contributed by atoms with van der Waals surface area (Å²) in [6.45, 7) is 7.76. The van der Waals surface area contributed by atoms with Crippen LogP contribution < -0.4 is 14.4 Å². The number of hydrogen-bond acceptors (Lipinski definition) is 5. The molecule has 0 unspecified atom stereocenters. The summed E-state index contributed by atoms with van der Waals surface area (Å²) in [5.74, 6) is -0.233. The number of amides is 2. The molecule has 0 bridgehead atoms. The molecule has 2 amide bonds. The SMILES string of the molecule is CCOc1ccc(N(CC(=O)N(Cc2cccc(C)c2)[C@H](Cc2ccccc2)C(=O)N[C@@H](C)CC)S(=O)(=O)c2ccc(Br)cc2)cc1. The monoisotopic (exact) mass is 719 g/mol. The van der Waals surface area contributed by atoms with Crippen molar-refractivity contribution in [3.8, 4) is 5.75 Å². The van der Waals surface area contributed by atoms with E-state index in [9.17, 15) is 18.0 Å². The van der Waals surface area contributed by atoms with Crippen LogP contribution in [0.4, 0.5) is 5.69 Å². The lowest BCUT2D eigenvalue weighted by molar-refractivity contribution is -0.140. The third kappa shape index (κ3) is 9.68. The topological polar surface area (TPSA) is 96.0 Å². The first-order chi connectivity index (χ1) is 22.5. The number of carbonyl (C=O) groups is 2. The number of nitrogens with one attached hydrogen (secondary N) is 1. The molecule has 0 aliphatic heterocycles. The van der Waals surface area contributed by atoms with Gasteiger partial charge in [0, 0.05) is 23.5 Å². The van der Waals surface area contributed by atoms with Crippen LogP contribution in [-0.2, 0) is 32.6 Å². The van der Waals surface area contributed by atoms with Gasteiger partial charge in [-0.1, -0.05) is 83.0 Å². The third-order valence-corrected chi connectivity index (χ3v) is 10.1. The molecule has 10 heteroatoms. The Bertz CT molecular complexity index is 1730. The molecule has 4 rings (SSSR count). The van der Waals surface area contributed by atoms with Crippen molar-refractivity contribution in [2.75, 3.05) is 17.5 Å². The first kappa shape index (κ1) is 35.7. The minimum atomic E-state index is -4.21. The highest BCUT2D eigenvalue weighted by molar-refractivity contribution is 9.10. The summed E-state index contributed by atoms with van der Waals surface area (Å²) >= 11 is 3.37. The van der Waals surface area contributed by atoms with E-state index in [0.29, 0.717) is 24.5 Å². The van der Waals surface area contributed by atoms with Crippen LogP contribution in [0.15, 0.2) is 112 Å². The van der Waals surface area contributed by atoms with Crippen LogP contribution in [0.5, 0.6) is 5.75 Å². The average molecular weight is 721 g/mol. The fraction of sp³-hybridized carbons (Fsp3) is 0.297. The lowest BCUT2D eigenvalue weighted by atomic mass is 10.0. The van der Waals surface area contributed by atoms with Crippen molar-refractivity contribution in [3.05, 3.63) is 124 Å². The van der Waals surface area contributed by atoms with Gasteiger partial charge in [-0.3, -0.25) is 13.9 Å². The van der Waals surface area contributed by atoms with Gasteiger partial charge in [0.1, 0.15) is 18.3 Å². The van der Waals surface area contributed by atoms with Crippen molar-refractivity contribution in [2.24, 2.45) is 0 Å². The van der Waals surface area contributed by atoms with Gasteiger partial charge in [0.05, 0.1) is 17.2 Å². The number of sulfonamides is 1. The van der Waals surface area contributed by atoms with E-state index in [-0.39, 0.29) is 29.8 Å². The molecule has 1 N–H and O–H groups in total. The van der Waals surface area contributed by atoms with E-state index in [1.165, 1.54) is 17.0 Å². The molecule has 0 heterocycles. The van der Waals surface area contributed by atoms with Gasteiger partial charge >= 0.3 is 0 Å². The first-order valence-electron chi connectivity index (χ1n) is 15.7. The summed E-state index contributed by atoms with van der Waals surface area (Å²) in [5, 5.41) is 3.06. The molecule has 0 aliphatic carbocycles. The van der Waals surface area contributed by atoms with Crippen molar-refractivity contribution >= 4 is 43.5 Å². The molecule has 2 atom stereocenters. The van der Waals surface area contributed by atoms with E-state index >= 15 is 0 Å². The lowest BCUT2D eigenvalue weighted by Crippen LogP contribution is -2.54. The van der Waals surface area contributed by atoms with Crippen LogP contribution in [0.25, 0.3) is 0 Å². The van der Waals surface area contributed by atoms with Gasteiger partial charge < -0.3 is 15.0 Å². The lowest BCUT2D eigenvalue weighted by Gasteiger charge is -2.34. The zero-order valence-electron chi connectivity index (χ0n) is 27.2. The standard InChI is InChI=1S/C37H42BrN3O5S/c1-5-28(4)39-37(43)35(24-29-12-8-7-9-13-29)40(25-30-14-10-11-27(3)23-30)36(42)26-41(32-17-19-33(20-18-32)46-6-2)47(44,45)34-21-15-31(38)16-22-34/h7-23,28,35H,5-6,24-26H2,1-4H3,(H,39,43)/t28-,35+/m0/s1. The molecule has 0 aliphatic rings. The molecule has 4 aromatic carbocycles. The number of rotatable bonds is 15. The zero-order valence-corrected chi connectivity index (χ0v) is 29.6. The Hall–Kier alpha value is -4.15. The van der Waals surface area contributed by atoms with Crippen LogP contribution >= 0.6 is 15.9 Å². The molecule has 0 saturated heterocycles. The van der Waals surface area contributed by atoms with E-state index in [1.807, 2.05) is 82.3 Å². The van der Waals surface area contributed by atoms with Gasteiger partial charge in [0.2, 0.25) is 11.8 Å². The number of anilines is 1. The molecular formula is C37H42BrN3O5S. The molecule has 47 heavy (non-hydrogen) atoms.